The average molecular weight is 427 g/mol. The van der Waals surface area contributed by atoms with Crippen LogP contribution < -0.4 is 15.5 Å². The van der Waals surface area contributed by atoms with Gasteiger partial charge in [0, 0.05) is 31.0 Å². The van der Waals surface area contributed by atoms with Gasteiger partial charge < -0.3 is 15.5 Å². The fourth-order valence-corrected chi connectivity index (χ4v) is 4.37. The van der Waals surface area contributed by atoms with Crippen molar-refractivity contribution in [3.05, 3.63) is 53.0 Å². The topological polar surface area (TPSA) is 83.0 Å². The lowest BCUT2D eigenvalue weighted by molar-refractivity contribution is -0.119. The molecule has 4 rings (SSSR count). The molecule has 3 aromatic rings. The third-order valence-corrected chi connectivity index (χ3v) is 6.01. The van der Waals surface area contributed by atoms with Gasteiger partial charge in [-0.15, -0.1) is 11.3 Å². The van der Waals surface area contributed by atoms with Crippen molar-refractivity contribution in [1.82, 2.24) is 20.3 Å². The quantitative estimate of drug-likeness (QED) is 0.630. The Labute approximate surface area is 178 Å². The third-order valence-electron chi connectivity index (χ3n) is 4.91. The highest BCUT2D eigenvalue weighted by Gasteiger charge is 2.26. The van der Waals surface area contributed by atoms with Gasteiger partial charge in [-0.2, -0.15) is 0 Å². The van der Waals surface area contributed by atoms with Crippen LogP contribution in [0, 0.1) is 19.7 Å². The second-order valence-electron chi connectivity index (χ2n) is 7.25. The summed E-state index contributed by atoms with van der Waals surface area (Å²) in [6.45, 7) is 5.55. The number of aromatic nitrogens is 3. The lowest BCUT2D eigenvalue weighted by Gasteiger charge is -2.17. The van der Waals surface area contributed by atoms with E-state index in [2.05, 4.69) is 25.5 Å². The zero-order valence-electron chi connectivity index (χ0n) is 16.9. The number of carbonyl (C=O) groups excluding carboxylic acids is 1. The summed E-state index contributed by atoms with van der Waals surface area (Å²) in [5.74, 6) is 0.263. The van der Waals surface area contributed by atoms with Gasteiger partial charge in [0.1, 0.15) is 5.82 Å². The van der Waals surface area contributed by atoms with Gasteiger partial charge in [0.2, 0.25) is 11.9 Å². The summed E-state index contributed by atoms with van der Waals surface area (Å²) in [6.07, 6.45) is 2.60. The predicted octanol–water partition coefficient (Wildman–Crippen LogP) is 3.16. The maximum absolute atomic E-state index is 13.0. The molecule has 2 aromatic heterocycles. The van der Waals surface area contributed by atoms with Crippen LogP contribution in [0.15, 0.2) is 36.5 Å². The first-order valence-electron chi connectivity index (χ1n) is 9.79. The molecular formula is C21H23FN6OS. The molecule has 7 nitrogen and oxygen atoms in total. The zero-order chi connectivity index (χ0) is 21.1. The molecule has 0 bridgehead atoms. The minimum atomic E-state index is -0.303. The number of benzene rings is 1. The van der Waals surface area contributed by atoms with E-state index in [0.29, 0.717) is 18.2 Å². The van der Waals surface area contributed by atoms with E-state index in [0.717, 1.165) is 34.2 Å². The molecular weight excluding hydrogens is 403 g/mol. The van der Waals surface area contributed by atoms with E-state index in [1.807, 2.05) is 19.9 Å². The molecule has 0 spiro atoms. The Kier molecular flexibility index (Phi) is 5.89. The van der Waals surface area contributed by atoms with Crippen LogP contribution in [0.3, 0.4) is 0 Å². The highest BCUT2D eigenvalue weighted by atomic mass is 32.1. The number of amides is 1. The molecule has 156 valence electrons. The Morgan fingerprint density at radius 3 is 2.77 bits per heavy atom. The summed E-state index contributed by atoms with van der Waals surface area (Å²) in [5.41, 5.74) is 2.56. The number of hydrogen-bond donors (Lipinski definition) is 2. The Morgan fingerprint density at radius 2 is 2.03 bits per heavy atom. The molecule has 1 unspecified atom stereocenters. The monoisotopic (exact) mass is 426 g/mol. The summed E-state index contributed by atoms with van der Waals surface area (Å²) in [7, 11) is 0. The lowest BCUT2D eigenvalue weighted by Crippen LogP contribution is -2.40. The van der Waals surface area contributed by atoms with Crippen molar-refractivity contribution in [1.29, 1.82) is 0 Å². The number of anilines is 2. The Balaban J connectivity index is 1.33. The fourth-order valence-electron chi connectivity index (χ4n) is 3.48. The molecule has 1 atom stereocenters. The van der Waals surface area contributed by atoms with E-state index in [1.54, 1.807) is 29.7 Å². The summed E-state index contributed by atoms with van der Waals surface area (Å²) < 4.78 is 13.0. The molecule has 1 aromatic carbocycles. The van der Waals surface area contributed by atoms with Gasteiger partial charge in [0.15, 0.2) is 0 Å². The molecule has 1 amide bonds. The highest BCUT2D eigenvalue weighted by molar-refractivity contribution is 7.15. The molecule has 2 N–H and O–H groups in total. The van der Waals surface area contributed by atoms with Crippen LogP contribution in [0.2, 0.25) is 0 Å². The standard InChI is InChI=1S/C21H23FN6OS/c1-13-20(30-14(2)25-13)18-7-9-23-21(27-18)28-10-8-17(12-28)26-19(29)11-24-16-5-3-15(22)4-6-16/h3-7,9,17,24H,8,10-12H2,1-2H3,(H,26,29). The average Bonchev–Trinajstić information content (AvgIpc) is 3.33. The first-order chi connectivity index (χ1) is 14.5. The molecule has 1 aliphatic heterocycles. The number of hydrogen-bond acceptors (Lipinski definition) is 7. The van der Waals surface area contributed by atoms with Gasteiger partial charge in [0.25, 0.3) is 0 Å². The number of halogens is 1. The molecule has 0 radical (unpaired) electrons. The fraction of sp³-hybridized carbons (Fsp3) is 0.333. The first kappa shape index (κ1) is 20.2. The van der Waals surface area contributed by atoms with Crippen LogP contribution in [0.4, 0.5) is 16.0 Å². The van der Waals surface area contributed by atoms with Crippen molar-refractivity contribution in [2.45, 2.75) is 26.3 Å². The normalized spacial score (nSPS) is 16.0. The number of aryl methyl sites for hydroxylation is 2. The number of nitrogens with zero attached hydrogens (tertiary/aromatic N) is 4. The Morgan fingerprint density at radius 1 is 1.23 bits per heavy atom. The summed E-state index contributed by atoms with van der Waals surface area (Å²) in [4.78, 5) is 29.0. The smallest absolute Gasteiger partial charge is 0.239 e. The van der Waals surface area contributed by atoms with Crippen LogP contribution in [0.5, 0.6) is 0 Å². The van der Waals surface area contributed by atoms with Gasteiger partial charge >= 0.3 is 0 Å². The molecule has 0 saturated carbocycles. The van der Waals surface area contributed by atoms with Crippen LogP contribution in [-0.2, 0) is 4.79 Å². The molecule has 3 heterocycles. The zero-order valence-corrected chi connectivity index (χ0v) is 17.7. The Bertz CT molecular complexity index is 1040. The largest absolute Gasteiger partial charge is 0.376 e. The molecule has 1 aliphatic rings. The summed E-state index contributed by atoms with van der Waals surface area (Å²) >= 11 is 1.63. The molecule has 9 heteroatoms. The minimum Gasteiger partial charge on any atom is -0.376 e. The van der Waals surface area contributed by atoms with Crippen molar-refractivity contribution >= 4 is 28.9 Å². The van der Waals surface area contributed by atoms with Crippen molar-refractivity contribution in [3.63, 3.8) is 0 Å². The molecule has 30 heavy (non-hydrogen) atoms. The van der Waals surface area contributed by atoms with E-state index in [1.165, 1.54) is 12.1 Å². The van der Waals surface area contributed by atoms with Crippen molar-refractivity contribution in [3.8, 4) is 10.6 Å². The van der Waals surface area contributed by atoms with E-state index in [4.69, 9.17) is 4.98 Å². The number of nitrogens with one attached hydrogen (secondary N) is 2. The van der Waals surface area contributed by atoms with E-state index in [-0.39, 0.29) is 24.3 Å². The van der Waals surface area contributed by atoms with Crippen LogP contribution in [0.1, 0.15) is 17.1 Å². The van der Waals surface area contributed by atoms with Gasteiger partial charge in [0.05, 0.1) is 27.8 Å². The lowest BCUT2D eigenvalue weighted by atomic mass is 10.2. The van der Waals surface area contributed by atoms with Crippen LogP contribution in [-0.4, -0.2) is 46.5 Å². The van der Waals surface area contributed by atoms with Crippen LogP contribution in [0.25, 0.3) is 10.6 Å². The number of rotatable bonds is 6. The Hall–Kier alpha value is -3.07. The van der Waals surface area contributed by atoms with Gasteiger partial charge in [-0.3, -0.25) is 4.79 Å². The highest BCUT2D eigenvalue weighted by Crippen LogP contribution is 2.29. The second-order valence-corrected chi connectivity index (χ2v) is 8.45. The van der Waals surface area contributed by atoms with Crippen LogP contribution >= 0.6 is 11.3 Å². The first-order valence-corrected chi connectivity index (χ1v) is 10.6. The maximum atomic E-state index is 13.0. The molecule has 1 fully saturated rings. The predicted molar refractivity (Wildman–Crippen MR) is 116 cm³/mol. The van der Waals surface area contributed by atoms with Crippen molar-refractivity contribution in [2.24, 2.45) is 0 Å². The number of carbonyl (C=O) groups is 1. The van der Waals surface area contributed by atoms with Crippen molar-refractivity contribution < 1.29 is 9.18 Å². The summed E-state index contributed by atoms with van der Waals surface area (Å²) in [5, 5.41) is 7.05. The number of thiazole rings is 1. The van der Waals surface area contributed by atoms with Crippen molar-refractivity contribution in [2.75, 3.05) is 29.9 Å². The van der Waals surface area contributed by atoms with Gasteiger partial charge in [-0.05, 0) is 50.6 Å². The molecule has 1 saturated heterocycles. The maximum Gasteiger partial charge on any atom is 0.239 e. The molecule has 0 aliphatic carbocycles. The second kappa shape index (κ2) is 8.74. The third kappa shape index (κ3) is 4.73. The summed E-state index contributed by atoms with van der Waals surface area (Å²) in [6, 6.07) is 7.87. The minimum absolute atomic E-state index is 0.0344. The van der Waals surface area contributed by atoms with Gasteiger partial charge in [-0.25, -0.2) is 19.3 Å². The van der Waals surface area contributed by atoms with Gasteiger partial charge in [-0.1, -0.05) is 0 Å². The van der Waals surface area contributed by atoms with E-state index in [9.17, 15) is 9.18 Å². The van der Waals surface area contributed by atoms with E-state index < -0.39 is 0 Å². The van der Waals surface area contributed by atoms with E-state index >= 15 is 0 Å². The SMILES string of the molecule is Cc1nc(C)c(-c2ccnc(N3CCC(NC(=O)CNc4ccc(F)cc4)C3)n2)s1.